The molecule has 1 saturated carbocycles. The molecule has 0 atom stereocenters. The Morgan fingerprint density at radius 3 is 2.73 bits per heavy atom. The van der Waals surface area contributed by atoms with Crippen LogP contribution in [0.3, 0.4) is 0 Å². The fourth-order valence-electron chi connectivity index (χ4n) is 4.40. The minimum atomic E-state index is -0.297. The Kier molecular flexibility index (Phi) is 8.47. The van der Waals surface area contributed by atoms with Crippen molar-refractivity contribution in [2.75, 3.05) is 30.9 Å². The molecular weight excluding hydrogens is 528 g/mol. The summed E-state index contributed by atoms with van der Waals surface area (Å²) in [5.74, 6) is 1.88. The number of halogens is 1. The highest BCUT2D eigenvalue weighted by Crippen LogP contribution is 2.35. The van der Waals surface area contributed by atoms with Gasteiger partial charge in [0.15, 0.2) is 11.5 Å². The highest BCUT2D eigenvalue weighted by molar-refractivity contribution is 6.31. The van der Waals surface area contributed by atoms with Crippen LogP contribution in [0.4, 0.5) is 17.3 Å². The molecule has 1 aliphatic carbocycles. The van der Waals surface area contributed by atoms with Gasteiger partial charge in [0.05, 0.1) is 31.1 Å². The fraction of sp³-hybridized carbons (Fsp3) is 0.267. The molecule has 0 bridgehead atoms. The van der Waals surface area contributed by atoms with Crippen molar-refractivity contribution in [2.24, 2.45) is 0 Å². The van der Waals surface area contributed by atoms with E-state index in [1.165, 1.54) is 25.6 Å². The van der Waals surface area contributed by atoms with Gasteiger partial charge in [-0.1, -0.05) is 24.1 Å². The molecule has 0 aliphatic heterocycles. The van der Waals surface area contributed by atoms with Crippen LogP contribution in [0.15, 0.2) is 61.1 Å². The quantitative estimate of drug-likeness (QED) is 0.134. The number of pyridine rings is 1. The molecule has 0 spiro atoms. The van der Waals surface area contributed by atoms with E-state index >= 15 is 0 Å². The van der Waals surface area contributed by atoms with Gasteiger partial charge in [-0.25, -0.2) is 15.0 Å². The van der Waals surface area contributed by atoms with Gasteiger partial charge in [-0.05, 0) is 62.1 Å². The van der Waals surface area contributed by atoms with Crippen molar-refractivity contribution in [3.8, 4) is 24.0 Å². The van der Waals surface area contributed by atoms with Crippen LogP contribution in [0.25, 0.3) is 10.9 Å². The Morgan fingerprint density at radius 2 is 2.02 bits per heavy atom. The zero-order valence-electron chi connectivity index (χ0n) is 22.1. The molecule has 0 unspecified atom stereocenters. The Morgan fingerprint density at radius 1 is 1.15 bits per heavy atom. The molecule has 2 aromatic carbocycles. The smallest absolute Gasteiger partial charge is 0.256 e. The number of nitrogens with one attached hydrogen (secondary N) is 2. The lowest BCUT2D eigenvalue weighted by atomic mass is 9.92. The summed E-state index contributed by atoms with van der Waals surface area (Å²) in [5, 5.41) is 7.28. The van der Waals surface area contributed by atoms with E-state index in [1.807, 2.05) is 12.1 Å². The van der Waals surface area contributed by atoms with Crippen molar-refractivity contribution >= 4 is 45.7 Å². The number of terminal acetylenes is 1. The second-order valence-corrected chi connectivity index (χ2v) is 9.81. The van der Waals surface area contributed by atoms with Gasteiger partial charge in [-0.15, -0.1) is 0 Å². The molecule has 0 saturated heterocycles. The molecule has 9 nitrogen and oxygen atoms in total. The zero-order valence-corrected chi connectivity index (χ0v) is 22.8. The number of carbonyl (C=O) groups is 1. The first-order valence-electron chi connectivity index (χ1n) is 13.0. The number of ether oxygens (including phenoxy) is 2. The normalized spacial score (nSPS) is 12.7. The van der Waals surface area contributed by atoms with Gasteiger partial charge in [0.2, 0.25) is 0 Å². The molecule has 4 aromatic rings. The molecule has 40 heavy (non-hydrogen) atoms. The van der Waals surface area contributed by atoms with Crippen LogP contribution in [-0.4, -0.2) is 52.1 Å². The molecule has 2 N–H and O–H groups in total. The zero-order chi connectivity index (χ0) is 27.9. The van der Waals surface area contributed by atoms with Gasteiger partial charge in [0.1, 0.15) is 18.0 Å². The number of hydrogen-bond donors (Lipinski definition) is 2. The maximum absolute atomic E-state index is 12.5. The molecule has 10 heteroatoms. The lowest BCUT2D eigenvalue weighted by molar-refractivity contribution is 0.102. The van der Waals surface area contributed by atoms with Crippen molar-refractivity contribution < 1.29 is 14.3 Å². The van der Waals surface area contributed by atoms with Gasteiger partial charge in [0.25, 0.3) is 5.91 Å². The van der Waals surface area contributed by atoms with Crippen LogP contribution in [0.1, 0.15) is 36.0 Å². The molecular formula is C30H29ClN6O3. The van der Waals surface area contributed by atoms with E-state index in [4.69, 9.17) is 27.5 Å². The van der Waals surface area contributed by atoms with E-state index < -0.39 is 0 Å². The number of anilines is 3. The number of rotatable bonds is 11. The van der Waals surface area contributed by atoms with Gasteiger partial charge in [-0.2, -0.15) is 0 Å². The second kappa shape index (κ2) is 12.5. The fourth-order valence-corrected chi connectivity index (χ4v) is 4.59. The summed E-state index contributed by atoms with van der Waals surface area (Å²) in [7, 11) is 1.60. The lowest BCUT2D eigenvalue weighted by Gasteiger charge is -2.34. The maximum Gasteiger partial charge on any atom is 0.256 e. The molecule has 1 aliphatic rings. The number of amides is 1. The van der Waals surface area contributed by atoms with Crippen molar-refractivity contribution in [3.63, 3.8) is 0 Å². The lowest BCUT2D eigenvalue weighted by Crippen LogP contribution is -2.37. The van der Waals surface area contributed by atoms with Crippen LogP contribution < -0.4 is 20.1 Å². The third kappa shape index (κ3) is 6.35. The predicted octanol–water partition coefficient (Wildman–Crippen LogP) is 5.90. The summed E-state index contributed by atoms with van der Waals surface area (Å²) < 4.78 is 11.7. The van der Waals surface area contributed by atoms with Crippen LogP contribution in [0.5, 0.6) is 11.5 Å². The minimum absolute atomic E-state index is 0.297. The van der Waals surface area contributed by atoms with Crippen LogP contribution in [0, 0.1) is 12.5 Å². The third-order valence-corrected chi connectivity index (χ3v) is 6.99. The monoisotopic (exact) mass is 556 g/mol. The largest absolute Gasteiger partial charge is 0.493 e. The van der Waals surface area contributed by atoms with Crippen molar-refractivity contribution in [1.29, 1.82) is 0 Å². The molecule has 2 aromatic heterocycles. The van der Waals surface area contributed by atoms with Crippen LogP contribution in [-0.2, 0) is 0 Å². The topological polar surface area (TPSA) is 102 Å². The molecule has 0 radical (unpaired) electrons. The van der Waals surface area contributed by atoms with E-state index in [1.54, 1.807) is 49.7 Å². The minimum Gasteiger partial charge on any atom is -0.493 e. The van der Waals surface area contributed by atoms with E-state index in [-0.39, 0.29) is 5.91 Å². The number of fused-ring (bicyclic) bond motifs is 1. The maximum atomic E-state index is 12.5. The van der Waals surface area contributed by atoms with Crippen molar-refractivity contribution in [2.45, 2.75) is 31.7 Å². The Balaban J connectivity index is 1.24. The van der Waals surface area contributed by atoms with Gasteiger partial charge in [0, 0.05) is 40.7 Å². The first-order chi connectivity index (χ1) is 19.5. The average Bonchev–Trinajstić information content (AvgIpc) is 2.94. The van der Waals surface area contributed by atoms with Crippen molar-refractivity contribution in [3.05, 3.63) is 71.6 Å². The standard InChI is InChI=1S/C30H29ClN6O3/c1-3-37(23-9-5-10-23)13-6-14-40-27-17-25-24(16-26(27)39-2)29(34-19-33-25)35-22-11-12-28(32-18-22)36-30(38)20-7-4-8-21(31)15-20/h1,4,7-8,11-12,15-19,23H,5-6,9-10,13-14H2,2H3,(H,32,36,38)(H,33,34,35). The molecule has 2 heterocycles. The van der Waals surface area contributed by atoms with Crippen LogP contribution >= 0.6 is 11.6 Å². The summed E-state index contributed by atoms with van der Waals surface area (Å²) in [5.41, 5.74) is 1.83. The van der Waals surface area contributed by atoms with E-state index in [0.717, 1.165) is 18.4 Å². The first kappa shape index (κ1) is 27.0. The highest BCUT2D eigenvalue weighted by Gasteiger charge is 2.22. The summed E-state index contributed by atoms with van der Waals surface area (Å²) in [6.45, 7) is 1.30. The van der Waals surface area contributed by atoms with E-state index in [9.17, 15) is 4.79 Å². The van der Waals surface area contributed by atoms with E-state index in [2.05, 4.69) is 36.5 Å². The number of aromatic nitrogens is 3. The third-order valence-electron chi connectivity index (χ3n) is 6.76. The molecule has 5 rings (SSSR count). The molecule has 1 fully saturated rings. The predicted molar refractivity (Wildman–Crippen MR) is 156 cm³/mol. The molecule has 204 valence electrons. The number of hydrogen-bond acceptors (Lipinski definition) is 8. The summed E-state index contributed by atoms with van der Waals surface area (Å²) in [6, 6.07) is 17.2. The number of carbonyl (C=O) groups excluding carboxylic acids is 1. The van der Waals surface area contributed by atoms with E-state index in [0.29, 0.717) is 57.6 Å². The molecule has 1 amide bonds. The number of nitrogens with zero attached hydrogens (tertiary/aromatic N) is 4. The first-order valence-corrected chi connectivity index (χ1v) is 13.4. The number of benzene rings is 2. The summed E-state index contributed by atoms with van der Waals surface area (Å²) in [4.78, 5) is 27.7. The summed E-state index contributed by atoms with van der Waals surface area (Å²) >= 11 is 5.98. The van der Waals surface area contributed by atoms with Crippen LogP contribution in [0.2, 0.25) is 5.02 Å². The number of methoxy groups -OCH3 is 1. The Hall–Kier alpha value is -4.55. The van der Waals surface area contributed by atoms with Gasteiger partial charge < -0.3 is 25.0 Å². The second-order valence-electron chi connectivity index (χ2n) is 9.37. The Bertz CT molecular complexity index is 1540. The average molecular weight is 557 g/mol. The Labute approximate surface area is 237 Å². The SMILES string of the molecule is C#CN(CCCOc1cc2ncnc(Nc3ccc(NC(=O)c4cccc(Cl)c4)nc3)c2cc1OC)C1CCC1. The van der Waals surface area contributed by atoms with Crippen molar-refractivity contribution in [1.82, 2.24) is 19.9 Å². The van der Waals surface area contributed by atoms with Gasteiger partial charge in [-0.3, -0.25) is 4.79 Å². The summed E-state index contributed by atoms with van der Waals surface area (Å²) in [6.07, 6.45) is 13.2. The van der Waals surface area contributed by atoms with Gasteiger partial charge >= 0.3 is 0 Å². The highest BCUT2D eigenvalue weighted by atomic mass is 35.5.